The standard InChI is InChI=1S/C37H41N3O6S/c41-24-26-12-14-29(15-13-26)33-22-32(25-47-36-11-4-5-20-38-36)45-37(46-33)30-18-16-28(17-19-30)31-8-6-7-27(21-31)23-39-34(42)9-2-1-3-10-35(43)40-44/h4-8,11-21,32-33,37,41,44H,1-3,9-10,22-25H2,(H,39,42)(H,40,43). The zero-order valence-electron chi connectivity index (χ0n) is 26.2. The number of carbonyl (C=O) groups is 2. The van der Waals surface area contributed by atoms with Crippen molar-refractivity contribution in [3.05, 3.63) is 119 Å². The van der Waals surface area contributed by atoms with Gasteiger partial charge in [0.15, 0.2) is 6.29 Å². The number of amides is 2. The van der Waals surface area contributed by atoms with Gasteiger partial charge in [0, 0.05) is 43.3 Å². The van der Waals surface area contributed by atoms with E-state index in [4.69, 9.17) is 14.7 Å². The minimum atomic E-state index is -0.539. The third-order valence-corrected chi connectivity index (χ3v) is 9.11. The number of unbranched alkanes of at least 4 members (excludes halogenated alkanes) is 2. The summed E-state index contributed by atoms with van der Waals surface area (Å²) in [6, 6.07) is 30.1. The molecule has 3 aromatic carbocycles. The van der Waals surface area contributed by atoms with Crippen LogP contribution in [0, 0.1) is 0 Å². The van der Waals surface area contributed by atoms with Crippen molar-refractivity contribution in [3.63, 3.8) is 0 Å². The van der Waals surface area contributed by atoms with Crippen molar-refractivity contribution >= 4 is 23.6 Å². The second kappa shape index (κ2) is 17.7. The summed E-state index contributed by atoms with van der Waals surface area (Å²) in [4.78, 5) is 27.8. The highest BCUT2D eigenvalue weighted by Gasteiger charge is 2.32. The normalized spacial score (nSPS) is 17.6. The van der Waals surface area contributed by atoms with E-state index in [9.17, 15) is 14.7 Å². The van der Waals surface area contributed by atoms with Crippen LogP contribution in [0.1, 0.15) is 73.2 Å². The lowest BCUT2D eigenvalue weighted by Crippen LogP contribution is -2.31. The average molecular weight is 656 g/mol. The third-order valence-electron chi connectivity index (χ3n) is 8.04. The molecule has 0 bridgehead atoms. The number of hydrogen-bond acceptors (Lipinski definition) is 8. The molecule has 5 rings (SSSR count). The van der Waals surface area contributed by atoms with E-state index in [1.165, 1.54) is 0 Å². The number of benzene rings is 3. The lowest BCUT2D eigenvalue weighted by molar-refractivity contribution is -0.245. The van der Waals surface area contributed by atoms with Gasteiger partial charge in [0.25, 0.3) is 0 Å². The topological polar surface area (TPSA) is 130 Å². The Morgan fingerprint density at radius 3 is 2.30 bits per heavy atom. The maximum Gasteiger partial charge on any atom is 0.243 e. The Balaban J connectivity index is 1.20. The fourth-order valence-electron chi connectivity index (χ4n) is 5.42. The Labute approximate surface area is 279 Å². The minimum absolute atomic E-state index is 0.00128. The van der Waals surface area contributed by atoms with E-state index in [1.807, 2.05) is 72.8 Å². The van der Waals surface area contributed by atoms with Crippen molar-refractivity contribution in [2.75, 3.05) is 5.75 Å². The Morgan fingerprint density at radius 1 is 0.809 bits per heavy atom. The molecule has 1 fully saturated rings. The number of nitrogens with one attached hydrogen (secondary N) is 2. The van der Waals surface area contributed by atoms with E-state index in [2.05, 4.69) is 28.5 Å². The molecule has 1 aliphatic rings. The maximum atomic E-state index is 12.3. The highest BCUT2D eigenvalue weighted by Crippen LogP contribution is 2.39. The number of ether oxygens (including phenoxy) is 2. The van der Waals surface area contributed by atoms with Gasteiger partial charge in [-0.1, -0.05) is 79.2 Å². The fourth-order valence-corrected chi connectivity index (χ4v) is 6.30. The molecular weight excluding hydrogens is 614 g/mol. The molecule has 0 aliphatic carbocycles. The Kier molecular flexibility index (Phi) is 12.9. The quantitative estimate of drug-likeness (QED) is 0.0485. The molecule has 0 radical (unpaired) electrons. The summed E-state index contributed by atoms with van der Waals surface area (Å²) >= 11 is 1.67. The molecule has 4 N–H and O–H groups in total. The van der Waals surface area contributed by atoms with Crippen molar-refractivity contribution in [2.45, 2.75) is 75.2 Å². The smallest absolute Gasteiger partial charge is 0.243 e. The van der Waals surface area contributed by atoms with Crippen LogP contribution in [0.3, 0.4) is 0 Å². The molecule has 1 saturated heterocycles. The van der Waals surface area contributed by atoms with E-state index in [-0.39, 0.29) is 31.1 Å². The number of rotatable bonds is 15. The van der Waals surface area contributed by atoms with Gasteiger partial charge in [-0.15, -0.1) is 11.8 Å². The van der Waals surface area contributed by atoms with Gasteiger partial charge in [-0.3, -0.25) is 14.8 Å². The number of nitrogens with zero attached hydrogens (tertiary/aromatic N) is 1. The third kappa shape index (κ3) is 10.5. The molecule has 4 aromatic rings. The van der Waals surface area contributed by atoms with Crippen molar-refractivity contribution in [1.29, 1.82) is 0 Å². The molecule has 47 heavy (non-hydrogen) atoms. The van der Waals surface area contributed by atoms with Crippen LogP contribution in [-0.4, -0.2) is 39.0 Å². The van der Waals surface area contributed by atoms with E-state index in [1.54, 1.807) is 23.4 Å². The van der Waals surface area contributed by atoms with Crippen LogP contribution in [0.2, 0.25) is 0 Å². The number of aliphatic hydroxyl groups is 1. The number of pyridine rings is 1. The predicted molar refractivity (Wildman–Crippen MR) is 180 cm³/mol. The molecule has 10 heteroatoms. The van der Waals surface area contributed by atoms with Crippen LogP contribution in [0.15, 0.2) is 102 Å². The number of hydroxylamine groups is 1. The first-order valence-electron chi connectivity index (χ1n) is 15.9. The monoisotopic (exact) mass is 655 g/mol. The first kappa shape index (κ1) is 34.3. The summed E-state index contributed by atoms with van der Waals surface area (Å²) in [6.07, 6.45) is 4.46. The van der Waals surface area contributed by atoms with Gasteiger partial charge in [0.2, 0.25) is 11.8 Å². The lowest BCUT2D eigenvalue weighted by Gasteiger charge is -2.36. The molecule has 0 spiro atoms. The first-order chi connectivity index (χ1) is 23.0. The summed E-state index contributed by atoms with van der Waals surface area (Å²) in [5, 5.41) is 22.0. The molecule has 3 atom stereocenters. The maximum absolute atomic E-state index is 12.3. The molecule has 3 unspecified atom stereocenters. The summed E-state index contributed by atoms with van der Waals surface area (Å²) in [6.45, 7) is 0.432. The van der Waals surface area contributed by atoms with E-state index in [0.29, 0.717) is 32.2 Å². The van der Waals surface area contributed by atoms with Crippen LogP contribution in [-0.2, 0) is 32.2 Å². The van der Waals surface area contributed by atoms with Gasteiger partial charge in [-0.25, -0.2) is 10.5 Å². The van der Waals surface area contributed by atoms with Crippen LogP contribution < -0.4 is 10.8 Å². The summed E-state index contributed by atoms with van der Waals surface area (Å²) in [7, 11) is 0. The first-order valence-corrected chi connectivity index (χ1v) is 16.9. The predicted octanol–water partition coefficient (Wildman–Crippen LogP) is 6.65. The Hall–Kier alpha value is -4.06. The molecule has 246 valence electrons. The van der Waals surface area contributed by atoms with E-state index in [0.717, 1.165) is 50.6 Å². The fraction of sp³-hybridized carbons (Fsp3) is 0.324. The van der Waals surface area contributed by atoms with Crippen molar-refractivity contribution in [2.24, 2.45) is 0 Å². The molecule has 2 amide bonds. The zero-order valence-corrected chi connectivity index (χ0v) is 27.0. The number of aliphatic hydroxyl groups excluding tert-OH is 1. The summed E-state index contributed by atoms with van der Waals surface area (Å²) in [5.41, 5.74) is 7.55. The van der Waals surface area contributed by atoms with Crippen LogP contribution in [0.5, 0.6) is 0 Å². The minimum Gasteiger partial charge on any atom is -0.392 e. The van der Waals surface area contributed by atoms with E-state index < -0.39 is 12.2 Å². The van der Waals surface area contributed by atoms with Crippen molar-refractivity contribution in [3.8, 4) is 11.1 Å². The largest absolute Gasteiger partial charge is 0.392 e. The number of thioether (sulfide) groups is 1. The number of hydrogen-bond donors (Lipinski definition) is 4. The van der Waals surface area contributed by atoms with Crippen LogP contribution in [0.4, 0.5) is 0 Å². The van der Waals surface area contributed by atoms with Crippen molar-refractivity contribution < 1.29 is 29.4 Å². The van der Waals surface area contributed by atoms with Crippen molar-refractivity contribution in [1.82, 2.24) is 15.8 Å². The number of aromatic nitrogens is 1. The average Bonchev–Trinajstić information content (AvgIpc) is 3.13. The van der Waals surface area contributed by atoms with Crippen LogP contribution >= 0.6 is 11.8 Å². The molecule has 9 nitrogen and oxygen atoms in total. The Bertz CT molecular complexity index is 1570. The molecule has 1 aliphatic heterocycles. The van der Waals surface area contributed by atoms with Gasteiger partial charge in [-0.05, 0) is 58.9 Å². The second-order valence-electron chi connectivity index (χ2n) is 11.5. The Morgan fingerprint density at radius 2 is 1.57 bits per heavy atom. The summed E-state index contributed by atoms with van der Waals surface area (Å²) < 4.78 is 13.0. The van der Waals surface area contributed by atoms with Gasteiger partial charge in [0.1, 0.15) is 0 Å². The van der Waals surface area contributed by atoms with Crippen LogP contribution in [0.25, 0.3) is 11.1 Å². The van der Waals surface area contributed by atoms with Gasteiger partial charge in [-0.2, -0.15) is 0 Å². The zero-order chi connectivity index (χ0) is 32.8. The van der Waals surface area contributed by atoms with Gasteiger partial charge >= 0.3 is 0 Å². The van der Waals surface area contributed by atoms with Gasteiger partial charge in [0.05, 0.1) is 23.8 Å². The second-order valence-corrected chi connectivity index (χ2v) is 12.6. The highest BCUT2D eigenvalue weighted by molar-refractivity contribution is 7.99. The number of carbonyl (C=O) groups excluding carboxylic acids is 2. The van der Waals surface area contributed by atoms with Gasteiger partial charge < -0.3 is 19.9 Å². The highest BCUT2D eigenvalue weighted by atomic mass is 32.2. The lowest BCUT2D eigenvalue weighted by atomic mass is 9.99. The summed E-state index contributed by atoms with van der Waals surface area (Å²) in [5.74, 6) is 0.306. The molecule has 2 heterocycles. The SMILES string of the molecule is O=C(CCCCCC(=O)NCc1cccc(-c2ccc(C3OC(CSc4ccccn4)CC(c4ccc(CO)cc4)O3)cc2)c1)NO. The molecular formula is C37H41N3O6S. The molecule has 0 saturated carbocycles. The molecule has 1 aromatic heterocycles. The van der Waals surface area contributed by atoms with E-state index >= 15 is 0 Å².